The van der Waals surface area contributed by atoms with Gasteiger partial charge in [-0.15, -0.1) is 0 Å². The summed E-state index contributed by atoms with van der Waals surface area (Å²) in [7, 11) is 0.248. The van der Waals surface area contributed by atoms with Crippen molar-refractivity contribution in [2.45, 2.75) is 17.9 Å². The number of carbonyl (C=O) groups excluding carboxylic acids is 1. The van der Waals surface area contributed by atoms with Crippen LogP contribution in [0.15, 0.2) is 53.7 Å². The topological polar surface area (TPSA) is 96.4 Å². The Morgan fingerprint density at radius 3 is 2.24 bits per heavy atom. The van der Waals surface area contributed by atoms with Crippen molar-refractivity contribution >= 4 is 21.6 Å². The van der Waals surface area contributed by atoms with E-state index in [1.54, 1.807) is 12.1 Å². The number of amides is 1. The fourth-order valence-electron chi connectivity index (χ4n) is 2.27. The number of benzene rings is 1. The molecule has 0 bridgehead atoms. The van der Waals surface area contributed by atoms with Crippen LogP contribution in [0.2, 0.25) is 0 Å². The van der Waals surface area contributed by atoms with E-state index >= 15 is 0 Å². The number of anilines is 1. The first-order chi connectivity index (χ1) is 11.8. The maximum Gasteiger partial charge on any atom is 0.285 e. The van der Waals surface area contributed by atoms with Crippen LogP contribution in [0.3, 0.4) is 0 Å². The summed E-state index contributed by atoms with van der Waals surface area (Å²) < 4.78 is 24.2. The SMILES string of the molecule is CN(C)c1cc[n+](CC(=O)NCCc2ccc(S(N)(=O)=O)cc2)cc1. The maximum absolute atomic E-state index is 12.0. The molecule has 0 atom stereocenters. The lowest BCUT2D eigenvalue weighted by Gasteiger charge is -2.10. The Morgan fingerprint density at radius 1 is 1.12 bits per heavy atom. The summed E-state index contributed by atoms with van der Waals surface area (Å²) in [5, 5.41) is 7.90. The highest BCUT2D eigenvalue weighted by Gasteiger charge is 2.10. The van der Waals surface area contributed by atoms with Gasteiger partial charge < -0.3 is 10.2 Å². The van der Waals surface area contributed by atoms with E-state index in [2.05, 4.69) is 5.32 Å². The quantitative estimate of drug-likeness (QED) is 0.679. The van der Waals surface area contributed by atoms with Crippen molar-refractivity contribution in [2.24, 2.45) is 5.14 Å². The fourth-order valence-corrected chi connectivity index (χ4v) is 2.78. The van der Waals surface area contributed by atoms with Crippen molar-refractivity contribution < 1.29 is 17.8 Å². The molecule has 0 fully saturated rings. The smallest absolute Gasteiger partial charge is 0.285 e. The molecule has 0 saturated heterocycles. The summed E-state index contributed by atoms with van der Waals surface area (Å²) in [6, 6.07) is 10.2. The molecule has 1 aromatic carbocycles. The van der Waals surface area contributed by atoms with Crippen molar-refractivity contribution in [2.75, 3.05) is 25.5 Å². The first-order valence-corrected chi connectivity index (χ1v) is 9.35. The number of nitrogens with two attached hydrogens (primary N) is 1. The molecule has 8 heteroatoms. The zero-order valence-electron chi connectivity index (χ0n) is 14.3. The number of sulfonamides is 1. The molecule has 1 aromatic heterocycles. The van der Waals surface area contributed by atoms with E-state index in [0.717, 1.165) is 11.3 Å². The van der Waals surface area contributed by atoms with Gasteiger partial charge in [0.25, 0.3) is 5.91 Å². The van der Waals surface area contributed by atoms with Gasteiger partial charge in [0.1, 0.15) is 0 Å². The highest BCUT2D eigenvalue weighted by Crippen LogP contribution is 2.09. The Bertz CT molecular complexity index is 816. The molecule has 134 valence electrons. The number of nitrogens with one attached hydrogen (secondary N) is 1. The predicted octanol–water partition coefficient (Wildman–Crippen LogP) is 0.0464. The van der Waals surface area contributed by atoms with Crippen LogP contribution in [0, 0.1) is 0 Å². The van der Waals surface area contributed by atoms with Gasteiger partial charge in [-0.2, -0.15) is 4.57 Å². The summed E-state index contributed by atoms with van der Waals surface area (Å²) in [6.07, 6.45) is 4.34. The molecule has 0 unspecified atom stereocenters. The third kappa shape index (κ3) is 5.84. The van der Waals surface area contributed by atoms with Gasteiger partial charge in [0, 0.05) is 38.5 Å². The van der Waals surface area contributed by atoms with Crippen molar-refractivity contribution in [3.05, 3.63) is 54.4 Å². The molecule has 0 aliphatic rings. The lowest BCUT2D eigenvalue weighted by molar-refractivity contribution is -0.684. The second kappa shape index (κ2) is 8.09. The van der Waals surface area contributed by atoms with Gasteiger partial charge in [0.05, 0.1) is 4.90 Å². The van der Waals surface area contributed by atoms with Crippen LogP contribution < -0.4 is 19.9 Å². The Morgan fingerprint density at radius 2 is 1.72 bits per heavy atom. The number of primary sulfonamides is 1. The molecule has 25 heavy (non-hydrogen) atoms. The Kier molecular flexibility index (Phi) is 6.11. The highest BCUT2D eigenvalue weighted by molar-refractivity contribution is 7.89. The van der Waals surface area contributed by atoms with Crippen molar-refractivity contribution in [1.82, 2.24) is 5.32 Å². The summed E-state index contributed by atoms with van der Waals surface area (Å²) in [4.78, 5) is 14.0. The minimum Gasteiger partial charge on any atom is -0.377 e. The molecule has 7 nitrogen and oxygen atoms in total. The number of pyridine rings is 1. The molecule has 0 spiro atoms. The van der Waals surface area contributed by atoms with Crippen LogP contribution in [0.1, 0.15) is 5.56 Å². The molecule has 0 saturated carbocycles. The molecular formula is C17H23N4O3S+. The zero-order chi connectivity index (χ0) is 18.4. The normalized spacial score (nSPS) is 11.2. The standard InChI is InChI=1S/C17H22N4O3S/c1-20(2)15-8-11-21(12-9-15)13-17(22)19-10-7-14-3-5-16(6-4-14)25(18,23)24/h3-6,8-9,11-12H,7,10,13H2,1-2H3,(H2-,18,19,22,23,24)/p+1. The summed E-state index contributed by atoms with van der Waals surface area (Å²) in [5.41, 5.74) is 2.00. The first kappa shape index (κ1) is 18.9. The summed E-state index contributed by atoms with van der Waals surface area (Å²) in [5.74, 6) is -0.0799. The van der Waals surface area contributed by atoms with Crippen molar-refractivity contribution in [3.63, 3.8) is 0 Å². The highest BCUT2D eigenvalue weighted by atomic mass is 32.2. The van der Waals surface area contributed by atoms with Crippen LogP contribution in [0.4, 0.5) is 5.69 Å². The van der Waals surface area contributed by atoms with E-state index in [0.29, 0.717) is 13.0 Å². The molecule has 0 aliphatic carbocycles. The van der Waals surface area contributed by atoms with Crippen LogP contribution in [0.25, 0.3) is 0 Å². The Hall–Kier alpha value is -2.45. The third-order valence-corrected chi connectivity index (χ3v) is 4.63. The minimum atomic E-state index is -3.67. The van der Waals surface area contributed by atoms with Crippen LogP contribution in [0.5, 0.6) is 0 Å². The van der Waals surface area contributed by atoms with E-state index in [1.807, 2.05) is 48.1 Å². The molecule has 0 radical (unpaired) electrons. The molecular weight excluding hydrogens is 340 g/mol. The van der Waals surface area contributed by atoms with E-state index in [1.165, 1.54) is 12.1 Å². The lowest BCUT2D eigenvalue weighted by Crippen LogP contribution is -2.42. The molecule has 2 aromatic rings. The van der Waals surface area contributed by atoms with Crippen molar-refractivity contribution in [1.29, 1.82) is 0 Å². The number of aromatic nitrogens is 1. The second-order valence-electron chi connectivity index (χ2n) is 5.91. The Balaban J connectivity index is 1.80. The van der Waals surface area contributed by atoms with Crippen LogP contribution in [-0.4, -0.2) is 35.0 Å². The lowest BCUT2D eigenvalue weighted by atomic mass is 10.1. The van der Waals surface area contributed by atoms with Gasteiger partial charge in [-0.3, -0.25) is 4.79 Å². The summed E-state index contributed by atoms with van der Waals surface area (Å²) in [6.45, 7) is 0.724. The largest absolute Gasteiger partial charge is 0.377 e. The zero-order valence-corrected chi connectivity index (χ0v) is 15.2. The first-order valence-electron chi connectivity index (χ1n) is 7.80. The molecule has 1 heterocycles. The van der Waals surface area contributed by atoms with Crippen LogP contribution in [-0.2, 0) is 27.8 Å². The van der Waals surface area contributed by atoms with Gasteiger partial charge >= 0.3 is 0 Å². The molecule has 1 amide bonds. The molecule has 3 N–H and O–H groups in total. The molecule has 2 rings (SSSR count). The molecule has 0 aliphatic heterocycles. The van der Waals surface area contributed by atoms with E-state index < -0.39 is 10.0 Å². The number of nitrogens with zero attached hydrogens (tertiary/aromatic N) is 2. The average Bonchev–Trinajstić information content (AvgIpc) is 2.55. The summed E-state index contributed by atoms with van der Waals surface area (Å²) >= 11 is 0. The van der Waals surface area contributed by atoms with E-state index in [4.69, 9.17) is 5.14 Å². The van der Waals surface area contributed by atoms with Crippen molar-refractivity contribution in [3.8, 4) is 0 Å². The number of hydrogen-bond donors (Lipinski definition) is 2. The number of hydrogen-bond acceptors (Lipinski definition) is 4. The average molecular weight is 363 g/mol. The monoisotopic (exact) mass is 363 g/mol. The van der Waals surface area contributed by atoms with E-state index in [9.17, 15) is 13.2 Å². The van der Waals surface area contributed by atoms with Gasteiger partial charge in [-0.05, 0) is 24.1 Å². The number of rotatable bonds is 7. The number of carbonyl (C=O) groups is 1. The maximum atomic E-state index is 12.0. The Labute approximate surface area is 148 Å². The van der Waals surface area contributed by atoms with Gasteiger partial charge in [-0.25, -0.2) is 13.6 Å². The minimum absolute atomic E-state index is 0.0799. The predicted molar refractivity (Wildman–Crippen MR) is 95.5 cm³/mol. The second-order valence-corrected chi connectivity index (χ2v) is 7.47. The van der Waals surface area contributed by atoms with Gasteiger partial charge in [0.2, 0.25) is 16.6 Å². The van der Waals surface area contributed by atoms with Gasteiger partial charge in [-0.1, -0.05) is 12.1 Å². The van der Waals surface area contributed by atoms with Crippen LogP contribution >= 0.6 is 0 Å². The third-order valence-electron chi connectivity index (χ3n) is 3.70. The van der Waals surface area contributed by atoms with E-state index in [-0.39, 0.29) is 17.3 Å². The van der Waals surface area contributed by atoms with Gasteiger partial charge in [0.15, 0.2) is 12.4 Å². The fraction of sp³-hybridized carbons (Fsp3) is 0.294.